The van der Waals surface area contributed by atoms with Crippen LogP contribution in [0.1, 0.15) is 30.0 Å². The smallest absolute Gasteiger partial charge is 0.332 e. The van der Waals surface area contributed by atoms with Gasteiger partial charge in [0.05, 0.1) is 12.3 Å². The van der Waals surface area contributed by atoms with Gasteiger partial charge < -0.3 is 14.4 Å². The van der Waals surface area contributed by atoms with Crippen molar-refractivity contribution >= 4 is 17.5 Å². The fourth-order valence-electron chi connectivity index (χ4n) is 4.21. The number of ether oxygens (including phenoxy) is 2. The summed E-state index contributed by atoms with van der Waals surface area (Å²) in [6.45, 7) is 7.71. The van der Waals surface area contributed by atoms with Crippen molar-refractivity contribution < 1.29 is 14.3 Å². The van der Waals surface area contributed by atoms with Crippen LogP contribution in [-0.2, 0) is 20.7 Å². The number of fused-ring (bicyclic) bond motifs is 2. The largest absolute Gasteiger partial charge is 0.464 e. The molecule has 2 aliphatic heterocycles. The summed E-state index contributed by atoms with van der Waals surface area (Å²) in [6, 6.07) is 17.1. The SMILES string of the molecule is CCOC(=O)COCCCN1CCN(C2=Nc3ccccc3Cc3ccccc32)CC1. The average molecular weight is 422 g/mol. The molecule has 2 aromatic carbocycles. The van der Waals surface area contributed by atoms with Gasteiger partial charge in [0.25, 0.3) is 0 Å². The first kappa shape index (κ1) is 21.5. The number of carbonyl (C=O) groups is 1. The van der Waals surface area contributed by atoms with Gasteiger partial charge in [-0.05, 0) is 30.5 Å². The predicted octanol–water partition coefficient (Wildman–Crippen LogP) is 3.26. The first-order valence-electron chi connectivity index (χ1n) is 11.2. The summed E-state index contributed by atoms with van der Waals surface area (Å²) < 4.78 is 10.3. The molecule has 0 atom stereocenters. The number of para-hydroxylation sites is 1. The molecule has 0 spiro atoms. The number of benzene rings is 2. The average Bonchev–Trinajstić information content (AvgIpc) is 2.96. The molecule has 2 heterocycles. The number of nitrogens with zero attached hydrogens (tertiary/aromatic N) is 3. The normalized spacial score (nSPS) is 16.2. The van der Waals surface area contributed by atoms with Gasteiger partial charge >= 0.3 is 5.97 Å². The molecule has 1 fully saturated rings. The molecule has 4 rings (SSSR count). The summed E-state index contributed by atoms with van der Waals surface area (Å²) in [5, 5.41) is 0. The van der Waals surface area contributed by atoms with Crippen molar-refractivity contribution in [2.45, 2.75) is 19.8 Å². The predicted molar refractivity (Wildman–Crippen MR) is 122 cm³/mol. The lowest BCUT2D eigenvalue weighted by molar-refractivity contribution is -0.148. The highest BCUT2D eigenvalue weighted by atomic mass is 16.6. The minimum atomic E-state index is -0.290. The van der Waals surface area contributed by atoms with Crippen molar-refractivity contribution in [1.29, 1.82) is 0 Å². The van der Waals surface area contributed by atoms with Gasteiger partial charge in [-0.15, -0.1) is 0 Å². The van der Waals surface area contributed by atoms with E-state index in [4.69, 9.17) is 14.5 Å². The Morgan fingerprint density at radius 1 is 1.00 bits per heavy atom. The minimum Gasteiger partial charge on any atom is -0.464 e. The molecule has 31 heavy (non-hydrogen) atoms. The van der Waals surface area contributed by atoms with Gasteiger partial charge in [-0.25, -0.2) is 9.79 Å². The molecular formula is C25H31N3O3. The van der Waals surface area contributed by atoms with Gasteiger partial charge in [0, 0.05) is 51.3 Å². The lowest BCUT2D eigenvalue weighted by Gasteiger charge is -2.36. The van der Waals surface area contributed by atoms with Crippen LogP contribution in [0.4, 0.5) is 5.69 Å². The van der Waals surface area contributed by atoms with E-state index in [0.29, 0.717) is 13.2 Å². The van der Waals surface area contributed by atoms with E-state index in [1.807, 2.05) is 0 Å². The Morgan fingerprint density at radius 3 is 2.55 bits per heavy atom. The molecule has 0 aliphatic carbocycles. The molecular weight excluding hydrogens is 390 g/mol. The fourth-order valence-corrected chi connectivity index (χ4v) is 4.21. The summed E-state index contributed by atoms with van der Waals surface area (Å²) in [4.78, 5) is 21.3. The van der Waals surface area contributed by atoms with Crippen LogP contribution in [0.25, 0.3) is 0 Å². The van der Waals surface area contributed by atoms with E-state index in [1.165, 1.54) is 16.7 Å². The topological polar surface area (TPSA) is 54.4 Å². The van der Waals surface area contributed by atoms with Gasteiger partial charge in [-0.2, -0.15) is 0 Å². The van der Waals surface area contributed by atoms with Crippen LogP contribution in [0.5, 0.6) is 0 Å². The highest BCUT2D eigenvalue weighted by molar-refractivity contribution is 6.02. The maximum Gasteiger partial charge on any atom is 0.332 e. The molecule has 0 bridgehead atoms. The van der Waals surface area contributed by atoms with E-state index in [2.05, 4.69) is 58.3 Å². The molecule has 2 aromatic rings. The van der Waals surface area contributed by atoms with E-state index in [9.17, 15) is 4.79 Å². The summed E-state index contributed by atoms with van der Waals surface area (Å²) in [5.41, 5.74) is 4.95. The lowest BCUT2D eigenvalue weighted by atomic mass is 9.99. The zero-order valence-electron chi connectivity index (χ0n) is 18.3. The zero-order chi connectivity index (χ0) is 21.5. The van der Waals surface area contributed by atoms with Crippen LogP contribution in [0.3, 0.4) is 0 Å². The molecule has 0 radical (unpaired) electrons. The Kier molecular flexibility index (Phi) is 7.33. The zero-order valence-corrected chi connectivity index (χ0v) is 18.3. The second kappa shape index (κ2) is 10.6. The third kappa shape index (κ3) is 5.51. The van der Waals surface area contributed by atoms with Crippen molar-refractivity contribution in [2.75, 3.05) is 52.5 Å². The number of amidine groups is 1. The van der Waals surface area contributed by atoms with E-state index >= 15 is 0 Å². The van der Waals surface area contributed by atoms with Crippen molar-refractivity contribution in [1.82, 2.24) is 9.80 Å². The second-order valence-corrected chi connectivity index (χ2v) is 7.94. The van der Waals surface area contributed by atoms with Gasteiger partial charge in [-0.3, -0.25) is 4.90 Å². The summed E-state index contributed by atoms with van der Waals surface area (Å²) >= 11 is 0. The lowest BCUT2D eigenvalue weighted by Crippen LogP contribution is -2.49. The molecule has 6 heteroatoms. The molecule has 0 aromatic heterocycles. The van der Waals surface area contributed by atoms with E-state index in [0.717, 1.165) is 57.1 Å². The van der Waals surface area contributed by atoms with Gasteiger partial charge in [0.15, 0.2) is 0 Å². The number of hydrogen-bond acceptors (Lipinski definition) is 6. The monoisotopic (exact) mass is 421 g/mol. The second-order valence-electron chi connectivity index (χ2n) is 7.94. The Bertz CT molecular complexity index is 920. The molecule has 2 aliphatic rings. The van der Waals surface area contributed by atoms with Crippen LogP contribution >= 0.6 is 0 Å². The fraction of sp³-hybridized carbons (Fsp3) is 0.440. The van der Waals surface area contributed by atoms with E-state index in [1.54, 1.807) is 6.92 Å². The number of hydrogen-bond donors (Lipinski definition) is 0. The molecule has 0 amide bonds. The maximum absolute atomic E-state index is 11.3. The Labute approximate surface area is 184 Å². The highest BCUT2D eigenvalue weighted by Crippen LogP contribution is 2.29. The minimum absolute atomic E-state index is 0.0440. The molecule has 0 unspecified atom stereocenters. The van der Waals surface area contributed by atoms with Gasteiger partial charge in [0.1, 0.15) is 12.4 Å². The van der Waals surface area contributed by atoms with Crippen molar-refractivity contribution in [3.63, 3.8) is 0 Å². The Hall–Kier alpha value is -2.70. The molecule has 0 saturated carbocycles. The number of esters is 1. The van der Waals surface area contributed by atoms with E-state index < -0.39 is 0 Å². The molecule has 6 nitrogen and oxygen atoms in total. The Balaban J connectivity index is 1.33. The van der Waals surface area contributed by atoms with E-state index in [-0.39, 0.29) is 12.6 Å². The maximum atomic E-state index is 11.3. The summed E-state index contributed by atoms with van der Waals surface area (Å²) in [6.07, 6.45) is 1.83. The van der Waals surface area contributed by atoms with Gasteiger partial charge in [0.2, 0.25) is 0 Å². The van der Waals surface area contributed by atoms with Crippen molar-refractivity contribution in [3.8, 4) is 0 Å². The Morgan fingerprint density at radius 2 is 1.74 bits per heavy atom. The first-order valence-corrected chi connectivity index (χ1v) is 11.2. The van der Waals surface area contributed by atoms with Crippen LogP contribution in [0.2, 0.25) is 0 Å². The highest BCUT2D eigenvalue weighted by Gasteiger charge is 2.24. The number of aliphatic imine (C=N–C) groups is 1. The van der Waals surface area contributed by atoms with Crippen molar-refractivity contribution in [2.24, 2.45) is 4.99 Å². The number of piperazine rings is 1. The quantitative estimate of drug-likeness (QED) is 0.507. The summed E-state index contributed by atoms with van der Waals surface area (Å²) in [5.74, 6) is 0.806. The van der Waals surface area contributed by atoms with Gasteiger partial charge in [-0.1, -0.05) is 42.5 Å². The van der Waals surface area contributed by atoms with Crippen LogP contribution in [0.15, 0.2) is 53.5 Å². The molecule has 164 valence electrons. The van der Waals surface area contributed by atoms with Crippen molar-refractivity contribution in [3.05, 3.63) is 65.2 Å². The standard InChI is InChI=1S/C25H31N3O3/c1-2-31-24(29)19-30-17-7-12-27-13-15-28(16-14-27)25-22-10-5-3-8-20(22)18-21-9-4-6-11-23(21)26-25/h3-6,8-11H,2,7,12-19H2,1H3. The van der Waals surface area contributed by atoms with Crippen LogP contribution in [0, 0.1) is 0 Å². The van der Waals surface area contributed by atoms with Crippen LogP contribution < -0.4 is 0 Å². The number of rotatable bonds is 7. The summed E-state index contributed by atoms with van der Waals surface area (Å²) in [7, 11) is 0. The van der Waals surface area contributed by atoms with Crippen LogP contribution in [-0.4, -0.2) is 74.1 Å². The third-order valence-electron chi connectivity index (χ3n) is 5.82. The number of carbonyl (C=O) groups excluding carboxylic acids is 1. The third-order valence-corrected chi connectivity index (χ3v) is 5.82. The first-order chi connectivity index (χ1) is 15.2. The molecule has 1 saturated heterocycles. The molecule has 0 N–H and O–H groups in total.